The molecular weight excluding hydrogens is 300 g/mol. The molecule has 0 radical (unpaired) electrons. The molecule has 0 aromatic heterocycles. The summed E-state index contributed by atoms with van der Waals surface area (Å²) in [7, 11) is 0. The van der Waals surface area contributed by atoms with E-state index in [9.17, 15) is 15.0 Å². The third kappa shape index (κ3) is 4.89. The first-order chi connectivity index (χ1) is 11.0. The molecule has 0 amide bonds. The molecule has 0 aromatic carbocycles. The number of fused-ring (bicyclic) bond motifs is 1. The van der Waals surface area contributed by atoms with Gasteiger partial charge in [0.2, 0.25) is 0 Å². The molecule has 2 fully saturated rings. The zero-order valence-corrected chi connectivity index (χ0v) is 14.2. The first-order valence-corrected chi connectivity index (χ1v) is 8.85. The molecule has 6 heteroatoms. The number of carbonyl (C=O) groups excluding carboxylic acids is 1. The van der Waals surface area contributed by atoms with Gasteiger partial charge in [-0.25, -0.2) is 4.79 Å². The van der Waals surface area contributed by atoms with Gasteiger partial charge in [0.05, 0.1) is 6.61 Å². The average molecular weight is 330 g/mol. The summed E-state index contributed by atoms with van der Waals surface area (Å²) in [6.45, 7) is 4.24. The fraction of sp³-hybridized carbons (Fsp3) is 0.941. The van der Waals surface area contributed by atoms with Crippen molar-refractivity contribution in [2.75, 3.05) is 6.61 Å². The number of unbranched alkanes of at least 4 members (excludes halogenated alkanes) is 6. The van der Waals surface area contributed by atoms with E-state index in [0.717, 1.165) is 19.3 Å². The van der Waals surface area contributed by atoms with Crippen molar-refractivity contribution in [2.45, 2.75) is 95.4 Å². The molecule has 0 bridgehead atoms. The van der Waals surface area contributed by atoms with Crippen LogP contribution in [0.4, 0.5) is 0 Å². The van der Waals surface area contributed by atoms with Crippen LogP contribution < -0.4 is 0 Å². The lowest BCUT2D eigenvalue weighted by molar-refractivity contribution is -0.344. The van der Waals surface area contributed by atoms with Gasteiger partial charge in [-0.2, -0.15) is 0 Å². The van der Waals surface area contributed by atoms with Crippen LogP contribution in [-0.4, -0.2) is 53.0 Å². The van der Waals surface area contributed by atoms with Crippen LogP contribution >= 0.6 is 0 Å². The van der Waals surface area contributed by atoms with Crippen LogP contribution in [0.3, 0.4) is 0 Å². The number of hydrogen-bond donors (Lipinski definition) is 2. The lowest BCUT2D eigenvalue weighted by Crippen LogP contribution is -2.63. The van der Waals surface area contributed by atoms with E-state index in [1.54, 1.807) is 0 Å². The topological polar surface area (TPSA) is 85.2 Å². The fourth-order valence-corrected chi connectivity index (χ4v) is 3.21. The highest BCUT2D eigenvalue weighted by molar-refractivity contribution is 5.76. The summed E-state index contributed by atoms with van der Waals surface area (Å²) in [5.41, 5.74) is 0. The highest BCUT2D eigenvalue weighted by atomic mass is 16.7. The lowest BCUT2D eigenvalue weighted by atomic mass is 9.97. The first-order valence-electron chi connectivity index (χ1n) is 8.85. The Labute approximate surface area is 138 Å². The quantitative estimate of drug-likeness (QED) is 0.522. The smallest absolute Gasteiger partial charge is 0.338 e. The molecule has 23 heavy (non-hydrogen) atoms. The molecule has 2 aliphatic rings. The van der Waals surface area contributed by atoms with Gasteiger partial charge in [-0.1, -0.05) is 45.4 Å². The third-order valence-corrected chi connectivity index (χ3v) is 4.71. The van der Waals surface area contributed by atoms with Gasteiger partial charge < -0.3 is 24.4 Å². The Morgan fingerprint density at radius 3 is 2.48 bits per heavy atom. The molecule has 2 N–H and O–H groups in total. The van der Waals surface area contributed by atoms with E-state index in [0.29, 0.717) is 0 Å². The van der Waals surface area contributed by atoms with Gasteiger partial charge in [-0.15, -0.1) is 0 Å². The zero-order valence-electron chi connectivity index (χ0n) is 14.2. The van der Waals surface area contributed by atoms with Crippen molar-refractivity contribution < 1.29 is 29.2 Å². The van der Waals surface area contributed by atoms with Crippen LogP contribution in [-0.2, 0) is 19.0 Å². The van der Waals surface area contributed by atoms with Crippen molar-refractivity contribution in [3.63, 3.8) is 0 Å². The molecule has 2 heterocycles. The van der Waals surface area contributed by atoms with E-state index in [1.807, 2.05) is 6.92 Å². The Morgan fingerprint density at radius 1 is 1.13 bits per heavy atom. The maximum Gasteiger partial charge on any atom is 0.338 e. The van der Waals surface area contributed by atoms with Crippen molar-refractivity contribution in [3.8, 4) is 0 Å². The molecule has 6 nitrogen and oxygen atoms in total. The van der Waals surface area contributed by atoms with Crippen molar-refractivity contribution in [3.05, 3.63) is 0 Å². The number of hydrogen-bond acceptors (Lipinski definition) is 6. The van der Waals surface area contributed by atoms with Crippen molar-refractivity contribution in [2.24, 2.45) is 0 Å². The Balaban J connectivity index is 1.74. The Morgan fingerprint density at radius 2 is 1.78 bits per heavy atom. The first kappa shape index (κ1) is 18.6. The van der Waals surface area contributed by atoms with Crippen molar-refractivity contribution >= 4 is 5.97 Å². The third-order valence-electron chi connectivity index (χ3n) is 4.71. The monoisotopic (exact) mass is 330 g/mol. The van der Waals surface area contributed by atoms with Crippen LogP contribution in [0.5, 0.6) is 0 Å². The van der Waals surface area contributed by atoms with Crippen LogP contribution in [0.15, 0.2) is 0 Å². The highest BCUT2D eigenvalue weighted by Gasteiger charge is 2.51. The lowest BCUT2D eigenvalue weighted by Gasteiger charge is -2.46. The minimum absolute atomic E-state index is 0.188. The summed E-state index contributed by atoms with van der Waals surface area (Å²) in [4.78, 5) is 11.4. The summed E-state index contributed by atoms with van der Waals surface area (Å²) in [5.74, 6) is -1.61. The molecular formula is C17H30O6. The average Bonchev–Trinajstić information content (AvgIpc) is 2.53. The normalized spacial score (nSPS) is 37.3. The van der Waals surface area contributed by atoms with Gasteiger partial charge >= 0.3 is 5.97 Å². The van der Waals surface area contributed by atoms with Gasteiger partial charge in [0.1, 0.15) is 12.2 Å². The maximum atomic E-state index is 11.4. The van der Waals surface area contributed by atoms with Crippen LogP contribution in [0.25, 0.3) is 0 Å². The molecule has 0 saturated carbocycles. The summed E-state index contributed by atoms with van der Waals surface area (Å²) >= 11 is 0. The largest absolute Gasteiger partial charge is 0.455 e. The molecule has 2 saturated heterocycles. The number of aliphatic hydroxyl groups excluding tert-OH is 2. The second-order valence-corrected chi connectivity index (χ2v) is 6.81. The molecule has 1 unspecified atom stereocenters. The molecule has 2 rings (SSSR count). The highest BCUT2D eigenvalue weighted by Crippen LogP contribution is 2.33. The summed E-state index contributed by atoms with van der Waals surface area (Å²) < 4.78 is 16.6. The minimum atomic E-state index is -1.54. The molecule has 0 aromatic rings. The number of ether oxygens (including phenoxy) is 3. The second kappa shape index (κ2) is 8.42. The van der Waals surface area contributed by atoms with Crippen LogP contribution in [0.2, 0.25) is 0 Å². The van der Waals surface area contributed by atoms with Gasteiger partial charge in [0, 0.05) is 6.42 Å². The van der Waals surface area contributed by atoms with Gasteiger partial charge in [0.15, 0.2) is 18.0 Å². The van der Waals surface area contributed by atoms with E-state index < -0.39 is 36.2 Å². The maximum absolute atomic E-state index is 11.4. The predicted octanol–water partition coefficient (Wildman–Crippen LogP) is 1.91. The van der Waals surface area contributed by atoms with E-state index in [4.69, 9.17) is 14.2 Å². The second-order valence-electron chi connectivity index (χ2n) is 6.81. The Hall–Kier alpha value is -0.690. The Bertz CT molecular complexity index is 385. The van der Waals surface area contributed by atoms with Crippen LogP contribution in [0.1, 0.15) is 65.2 Å². The number of rotatable bonds is 8. The van der Waals surface area contributed by atoms with E-state index >= 15 is 0 Å². The fourth-order valence-electron chi connectivity index (χ4n) is 3.21. The van der Waals surface area contributed by atoms with Gasteiger partial charge in [-0.05, 0) is 13.3 Å². The summed E-state index contributed by atoms with van der Waals surface area (Å²) in [6.07, 6.45) is 4.95. The zero-order chi connectivity index (χ0) is 16.9. The summed E-state index contributed by atoms with van der Waals surface area (Å²) in [6, 6.07) is 0. The van der Waals surface area contributed by atoms with E-state index in [-0.39, 0.29) is 6.61 Å². The van der Waals surface area contributed by atoms with Gasteiger partial charge in [-0.3, -0.25) is 0 Å². The number of carbonyl (C=O) groups is 1. The standard InChI is InChI=1S/C17H30O6/c1-3-4-5-6-7-8-9-10-17(2)21-11-12-15(23-17)13(18)14(19)16(20)22-12/h12-15,18-19H,3-11H2,1-2H3/t12-,13-,14-,15-,17?/m1/s1. The van der Waals surface area contributed by atoms with Crippen LogP contribution in [0, 0.1) is 0 Å². The molecule has 2 aliphatic heterocycles. The van der Waals surface area contributed by atoms with Crippen molar-refractivity contribution in [1.29, 1.82) is 0 Å². The molecule has 134 valence electrons. The number of esters is 1. The SMILES string of the molecule is CCCCCCCCCC1(C)OC[C@H]2OC(=O)[C@H](O)[C@@H](O)[C@@H]2O1. The predicted molar refractivity (Wildman–Crippen MR) is 83.7 cm³/mol. The summed E-state index contributed by atoms with van der Waals surface area (Å²) in [5, 5.41) is 19.7. The van der Waals surface area contributed by atoms with E-state index in [1.165, 1.54) is 32.1 Å². The van der Waals surface area contributed by atoms with Crippen molar-refractivity contribution in [1.82, 2.24) is 0 Å². The number of aliphatic hydroxyl groups is 2. The minimum Gasteiger partial charge on any atom is -0.455 e. The molecule has 0 spiro atoms. The van der Waals surface area contributed by atoms with Gasteiger partial charge in [0.25, 0.3) is 0 Å². The van der Waals surface area contributed by atoms with E-state index in [2.05, 4.69) is 6.92 Å². The molecule has 0 aliphatic carbocycles. The Kier molecular flexibility index (Phi) is 6.83. The molecule has 5 atom stereocenters.